The van der Waals surface area contributed by atoms with Gasteiger partial charge in [-0.1, -0.05) is 85.0 Å². The fraction of sp³-hybridized carbons (Fsp3) is 0.100. The highest BCUT2D eigenvalue weighted by Gasteiger charge is 2.03. The molecule has 2 aromatic carbocycles. The summed E-state index contributed by atoms with van der Waals surface area (Å²) in [7, 11) is 0. The molecule has 0 N–H and O–H groups in total. The van der Waals surface area contributed by atoms with E-state index in [1.165, 1.54) is 22.3 Å². The van der Waals surface area contributed by atoms with Crippen molar-refractivity contribution >= 4 is 11.1 Å². The Kier molecular flexibility index (Phi) is 3.93. The summed E-state index contributed by atoms with van der Waals surface area (Å²) < 4.78 is 0. The van der Waals surface area contributed by atoms with Crippen molar-refractivity contribution in [3.05, 3.63) is 96.1 Å². The molecule has 0 radical (unpaired) electrons. The zero-order valence-corrected chi connectivity index (χ0v) is 11.5. The Balaban J connectivity index is 1.85. The van der Waals surface area contributed by atoms with E-state index in [-0.39, 0.29) is 0 Å². The zero-order chi connectivity index (χ0) is 13.6. The van der Waals surface area contributed by atoms with Crippen molar-refractivity contribution in [2.24, 2.45) is 0 Å². The molecular formula is C20H18. The van der Waals surface area contributed by atoms with Gasteiger partial charge in [0.1, 0.15) is 0 Å². The van der Waals surface area contributed by atoms with Crippen LogP contribution in [0.1, 0.15) is 24.0 Å². The molecule has 0 spiro atoms. The molecule has 0 atom stereocenters. The Morgan fingerprint density at radius 1 is 0.700 bits per heavy atom. The first kappa shape index (κ1) is 12.7. The van der Waals surface area contributed by atoms with Crippen LogP contribution in [0.15, 0.2) is 85.0 Å². The van der Waals surface area contributed by atoms with Gasteiger partial charge in [-0.05, 0) is 35.1 Å². The van der Waals surface area contributed by atoms with Crippen LogP contribution in [0.3, 0.4) is 0 Å². The van der Waals surface area contributed by atoms with Crippen LogP contribution in [0.4, 0.5) is 0 Å². The van der Waals surface area contributed by atoms with Crippen LogP contribution in [-0.4, -0.2) is 0 Å². The summed E-state index contributed by atoms with van der Waals surface area (Å²) in [6, 6.07) is 21.2. The van der Waals surface area contributed by atoms with Crippen molar-refractivity contribution in [2.45, 2.75) is 12.8 Å². The summed E-state index contributed by atoms with van der Waals surface area (Å²) in [5.41, 5.74) is 5.34. The first-order valence-corrected chi connectivity index (χ1v) is 7.12. The quantitative estimate of drug-likeness (QED) is 0.667. The van der Waals surface area contributed by atoms with Gasteiger partial charge in [0.05, 0.1) is 0 Å². The van der Waals surface area contributed by atoms with E-state index in [9.17, 15) is 0 Å². The van der Waals surface area contributed by atoms with Crippen molar-refractivity contribution in [3.8, 4) is 0 Å². The number of allylic oxidation sites excluding steroid dienone is 6. The molecule has 2 aromatic rings. The Bertz CT molecular complexity index is 643. The molecule has 1 aliphatic carbocycles. The van der Waals surface area contributed by atoms with Crippen LogP contribution in [0, 0.1) is 0 Å². The minimum Gasteiger partial charge on any atom is -0.0763 e. The lowest BCUT2D eigenvalue weighted by Crippen LogP contribution is -1.88. The number of rotatable bonds is 2. The summed E-state index contributed by atoms with van der Waals surface area (Å²) in [6.07, 6.45) is 11.1. The molecular weight excluding hydrogens is 240 g/mol. The molecule has 0 aliphatic heterocycles. The van der Waals surface area contributed by atoms with Gasteiger partial charge in [-0.15, -0.1) is 0 Å². The summed E-state index contributed by atoms with van der Waals surface area (Å²) in [4.78, 5) is 0. The summed E-state index contributed by atoms with van der Waals surface area (Å²) in [5, 5.41) is 0. The van der Waals surface area contributed by atoms with Crippen LogP contribution in [0.5, 0.6) is 0 Å². The van der Waals surface area contributed by atoms with E-state index in [0.717, 1.165) is 12.8 Å². The van der Waals surface area contributed by atoms with Gasteiger partial charge in [-0.25, -0.2) is 0 Å². The Morgan fingerprint density at radius 3 is 2.05 bits per heavy atom. The molecule has 0 saturated carbocycles. The molecule has 0 aromatic heterocycles. The second-order valence-electron chi connectivity index (χ2n) is 4.98. The summed E-state index contributed by atoms with van der Waals surface area (Å²) in [5.74, 6) is 0. The Hall–Kier alpha value is -2.34. The first-order valence-electron chi connectivity index (χ1n) is 7.12. The van der Waals surface area contributed by atoms with Gasteiger partial charge in [-0.3, -0.25) is 0 Å². The smallest absolute Gasteiger partial charge is 0.0187 e. The molecule has 0 heteroatoms. The fourth-order valence-electron chi connectivity index (χ4n) is 2.54. The summed E-state index contributed by atoms with van der Waals surface area (Å²) in [6.45, 7) is 0. The predicted molar refractivity (Wildman–Crippen MR) is 87.2 cm³/mol. The van der Waals surface area contributed by atoms with Crippen LogP contribution in [0.2, 0.25) is 0 Å². The lowest BCUT2D eigenvalue weighted by Gasteiger charge is -2.09. The van der Waals surface area contributed by atoms with Gasteiger partial charge in [0.25, 0.3) is 0 Å². The minimum absolute atomic E-state index is 1.08. The van der Waals surface area contributed by atoms with E-state index < -0.39 is 0 Å². The molecule has 0 fully saturated rings. The third-order valence-electron chi connectivity index (χ3n) is 3.60. The maximum Gasteiger partial charge on any atom is -0.0187 e. The lowest BCUT2D eigenvalue weighted by atomic mass is 9.96. The molecule has 0 nitrogen and oxygen atoms in total. The number of hydrogen-bond donors (Lipinski definition) is 0. The van der Waals surface area contributed by atoms with Gasteiger partial charge in [0.15, 0.2) is 0 Å². The highest BCUT2D eigenvalue weighted by molar-refractivity contribution is 5.77. The fourth-order valence-corrected chi connectivity index (χ4v) is 2.54. The average Bonchev–Trinajstić information content (AvgIpc) is 2.49. The molecule has 0 heterocycles. The van der Waals surface area contributed by atoms with E-state index in [2.05, 4.69) is 85.0 Å². The van der Waals surface area contributed by atoms with Crippen LogP contribution in [-0.2, 0) is 0 Å². The van der Waals surface area contributed by atoms with E-state index in [1.807, 2.05) is 0 Å². The molecule has 20 heavy (non-hydrogen) atoms. The molecule has 98 valence electrons. The molecule has 0 bridgehead atoms. The second kappa shape index (κ2) is 6.21. The van der Waals surface area contributed by atoms with Crippen molar-refractivity contribution in [2.75, 3.05) is 0 Å². The zero-order valence-electron chi connectivity index (χ0n) is 11.5. The Morgan fingerprint density at radius 2 is 1.35 bits per heavy atom. The molecule has 0 saturated heterocycles. The predicted octanol–water partition coefficient (Wildman–Crippen LogP) is 5.50. The molecule has 0 unspecified atom stereocenters. The van der Waals surface area contributed by atoms with Crippen molar-refractivity contribution < 1.29 is 0 Å². The average molecular weight is 258 g/mol. The van der Waals surface area contributed by atoms with Crippen molar-refractivity contribution in [1.29, 1.82) is 0 Å². The SMILES string of the molecule is C1=C\C(c2ccccc2)=C/CC\C(c2ccccc2)=C/1. The second-order valence-corrected chi connectivity index (χ2v) is 4.98. The van der Waals surface area contributed by atoms with Crippen molar-refractivity contribution in [1.82, 2.24) is 0 Å². The van der Waals surface area contributed by atoms with Crippen LogP contribution >= 0.6 is 0 Å². The molecule has 0 amide bonds. The largest absolute Gasteiger partial charge is 0.0763 e. The monoisotopic (exact) mass is 258 g/mol. The maximum absolute atomic E-state index is 2.34. The third kappa shape index (κ3) is 2.97. The van der Waals surface area contributed by atoms with E-state index in [4.69, 9.17) is 0 Å². The van der Waals surface area contributed by atoms with E-state index in [1.54, 1.807) is 0 Å². The topological polar surface area (TPSA) is 0 Å². The van der Waals surface area contributed by atoms with Gasteiger partial charge in [0.2, 0.25) is 0 Å². The highest BCUT2D eigenvalue weighted by atomic mass is 14.1. The first-order chi connectivity index (χ1) is 9.93. The van der Waals surface area contributed by atoms with Gasteiger partial charge < -0.3 is 0 Å². The van der Waals surface area contributed by atoms with Crippen molar-refractivity contribution in [3.63, 3.8) is 0 Å². The minimum atomic E-state index is 1.08. The third-order valence-corrected chi connectivity index (χ3v) is 3.60. The van der Waals surface area contributed by atoms with Crippen LogP contribution < -0.4 is 0 Å². The standard InChI is InChI=1S/C20H18/c1-3-9-17(10-4-1)19-13-7-15-20(16-8-14-19)18-11-5-2-6-12-18/h1-7,9-15H,8,16H2/b13-7-,19-14+,20-15+. The van der Waals surface area contributed by atoms with Gasteiger partial charge >= 0.3 is 0 Å². The normalized spacial score (nSPS) is 21.8. The maximum atomic E-state index is 2.34. The van der Waals surface area contributed by atoms with E-state index in [0.29, 0.717) is 0 Å². The van der Waals surface area contributed by atoms with E-state index >= 15 is 0 Å². The summed E-state index contributed by atoms with van der Waals surface area (Å²) >= 11 is 0. The highest BCUT2D eigenvalue weighted by Crippen LogP contribution is 2.25. The number of benzene rings is 2. The van der Waals surface area contributed by atoms with Gasteiger partial charge in [-0.2, -0.15) is 0 Å². The van der Waals surface area contributed by atoms with Crippen LogP contribution in [0.25, 0.3) is 11.1 Å². The molecule has 3 rings (SSSR count). The van der Waals surface area contributed by atoms with Gasteiger partial charge in [0, 0.05) is 0 Å². The molecule has 1 aliphatic rings. The number of hydrogen-bond acceptors (Lipinski definition) is 0. The lowest BCUT2D eigenvalue weighted by molar-refractivity contribution is 1.07. The Labute approximate surface area is 120 Å².